The largest absolute Gasteiger partial charge is 0.276 e. The summed E-state index contributed by atoms with van der Waals surface area (Å²) in [5, 5.41) is 8.63. The third kappa shape index (κ3) is 4.28. The molecule has 0 unspecified atom stereocenters. The van der Waals surface area contributed by atoms with E-state index in [-0.39, 0.29) is 4.90 Å². The van der Waals surface area contributed by atoms with E-state index < -0.39 is 10.0 Å². The van der Waals surface area contributed by atoms with Crippen LogP contribution in [0.2, 0.25) is 0 Å². The van der Waals surface area contributed by atoms with E-state index in [4.69, 9.17) is 0 Å². The summed E-state index contributed by atoms with van der Waals surface area (Å²) in [6.45, 7) is 1.90. The first-order valence-corrected chi connectivity index (χ1v) is 10.7. The third-order valence-corrected chi connectivity index (χ3v) is 5.66. The van der Waals surface area contributed by atoms with Gasteiger partial charge in [-0.3, -0.25) is 4.98 Å². The van der Waals surface area contributed by atoms with Crippen LogP contribution in [0.25, 0.3) is 16.9 Å². The van der Waals surface area contributed by atoms with Gasteiger partial charge in [-0.05, 0) is 43.3 Å². The van der Waals surface area contributed by atoms with Crippen molar-refractivity contribution in [1.82, 2.24) is 19.6 Å². The van der Waals surface area contributed by atoms with Crippen molar-refractivity contribution >= 4 is 16.2 Å². The highest BCUT2D eigenvalue weighted by atomic mass is 32.2. The van der Waals surface area contributed by atoms with Gasteiger partial charge in [0.1, 0.15) is 5.69 Å². The van der Waals surface area contributed by atoms with E-state index in [1.807, 2.05) is 49.4 Å². The van der Waals surface area contributed by atoms with Crippen LogP contribution in [0.4, 0.5) is 0 Å². The van der Waals surface area contributed by atoms with Crippen molar-refractivity contribution in [3.63, 3.8) is 0 Å². The number of hydrazone groups is 1. The molecule has 0 fully saturated rings. The zero-order valence-electron chi connectivity index (χ0n) is 16.2. The van der Waals surface area contributed by atoms with Gasteiger partial charge in [-0.2, -0.15) is 18.6 Å². The van der Waals surface area contributed by atoms with Crippen LogP contribution in [0.5, 0.6) is 0 Å². The van der Waals surface area contributed by atoms with Crippen LogP contribution in [0, 0.1) is 6.92 Å². The van der Waals surface area contributed by atoms with E-state index in [9.17, 15) is 8.42 Å². The molecular formula is C22H19N5O2S. The summed E-state index contributed by atoms with van der Waals surface area (Å²) >= 11 is 0. The molecule has 30 heavy (non-hydrogen) atoms. The summed E-state index contributed by atoms with van der Waals surface area (Å²) in [6.07, 6.45) is 6.61. The monoisotopic (exact) mass is 417 g/mol. The van der Waals surface area contributed by atoms with Crippen molar-refractivity contribution in [2.75, 3.05) is 0 Å². The summed E-state index contributed by atoms with van der Waals surface area (Å²) in [5.41, 5.74) is 4.04. The molecule has 1 N–H and O–H groups in total. The zero-order chi connectivity index (χ0) is 21.0. The number of para-hydroxylation sites is 1. The molecule has 0 aliphatic heterocycles. The summed E-state index contributed by atoms with van der Waals surface area (Å²) in [5.74, 6) is 0. The Morgan fingerprint density at radius 3 is 2.37 bits per heavy atom. The maximum atomic E-state index is 12.5. The SMILES string of the molecule is Cc1ccc(S(=O)(=O)N/N=C\c2cn(-c3ccccc3)nc2-c2ccncc2)cc1. The van der Waals surface area contributed by atoms with Crippen LogP contribution < -0.4 is 4.83 Å². The lowest BCUT2D eigenvalue weighted by atomic mass is 10.1. The van der Waals surface area contributed by atoms with E-state index in [0.29, 0.717) is 11.3 Å². The second-order valence-electron chi connectivity index (χ2n) is 6.62. The third-order valence-electron chi connectivity index (χ3n) is 4.42. The van der Waals surface area contributed by atoms with Crippen molar-refractivity contribution in [2.24, 2.45) is 5.10 Å². The quantitative estimate of drug-likeness (QED) is 0.384. The van der Waals surface area contributed by atoms with Crippen LogP contribution in [0.15, 0.2) is 95.3 Å². The first-order chi connectivity index (χ1) is 14.5. The minimum Gasteiger partial charge on any atom is -0.265 e. The number of hydrogen-bond donors (Lipinski definition) is 1. The van der Waals surface area contributed by atoms with Gasteiger partial charge < -0.3 is 0 Å². The van der Waals surface area contributed by atoms with Crippen molar-refractivity contribution in [1.29, 1.82) is 0 Å². The van der Waals surface area contributed by atoms with Crippen molar-refractivity contribution in [3.05, 3.63) is 96.4 Å². The number of pyridine rings is 1. The minimum atomic E-state index is -3.76. The van der Waals surface area contributed by atoms with E-state index in [1.165, 1.54) is 6.21 Å². The predicted octanol–water partition coefficient (Wildman–Crippen LogP) is 3.56. The second kappa shape index (κ2) is 8.30. The van der Waals surface area contributed by atoms with E-state index >= 15 is 0 Å². The van der Waals surface area contributed by atoms with Crippen molar-refractivity contribution in [2.45, 2.75) is 11.8 Å². The molecule has 0 aliphatic rings. The number of benzene rings is 2. The predicted molar refractivity (Wildman–Crippen MR) is 116 cm³/mol. The van der Waals surface area contributed by atoms with Gasteiger partial charge in [0.2, 0.25) is 0 Å². The van der Waals surface area contributed by atoms with Gasteiger partial charge in [0.05, 0.1) is 16.8 Å². The zero-order valence-corrected chi connectivity index (χ0v) is 17.0. The summed E-state index contributed by atoms with van der Waals surface area (Å²) in [6, 6.07) is 19.9. The van der Waals surface area contributed by atoms with Crippen LogP contribution >= 0.6 is 0 Å². The van der Waals surface area contributed by atoms with E-state index in [2.05, 4.69) is 20.0 Å². The Bertz CT molecular complexity index is 1270. The van der Waals surface area contributed by atoms with Gasteiger partial charge in [-0.1, -0.05) is 35.9 Å². The number of nitrogens with zero attached hydrogens (tertiary/aromatic N) is 4. The highest BCUT2D eigenvalue weighted by molar-refractivity contribution is 7.89. The smallest absolute Gasteiger partial charge is 0.265 e. The molecule has 4 rings (SSSR count). The molecule has 150 valence electrons. The Labute approximate surface area is 174 Å². The molecule has 0 bridgehead atoms. The molecule has 4 aromatic rings. The van der Waals surface area contributed by atoms with Gasteiger partial charge in [0, 0.05) is 29.7 Å². The lowest BCUT2D eigenvalue weighted by Crippen LogP contribution is -2.18. The highest BCUT2D eigenvalue weighted by Crippen LogP contribution is 2.22. The van der Waals surface area contributed by atoms with Crippen molar-refractivity contribution < 1.29 is 8.42 Å². The van der Waals surface area contributed by atoms with Gasteiger partial charge in [-0.25, -0.2) is 9.51 Å². The molecule has 0 spiro atoms. The fourth-order valence-electron chi connectivity index (χ4n) is 2.86. The van der Waals surface area contributed by atoms with Gasteiger partial charge >= 0.3 is 0 Å². The lowest BCUT2D eigenvalue weighted by Gasteiger charge is -2.03. The minimum absolute atomic E-state index is 0.152. The van der Waals surface area contributed by atoms with Crippen molar-refractivity contribution in [3.8, 4) is 16.9 Å². The molecule has 0 atom stereocenters. The Kier molecular flexibility index (Phi) is 5.40. The number of nitrogens with one attached hydrogen (secondary N) is 1. The Hall–Kier alpha value is -3.78. The van der Waals surface area contributed by atoms with E-state index in [0.717, 1.165) is 16.8 Å². The summed E-state index contributed by atoms with van der Waals surface area (Å²) in [4.78, 5) is 6.46. The first kappa shape index (κ1) is 19.5. The summed E-state index contributed by atoms with van der Waals surface area (Å²) < 4.78 is 26.7. The fourth-order valence-corrected chi connectivity index (χ4v) is 3.66. The molecule has 8 heteroatoms. The van der Waals surface area contributed by atoms with Crippen LogP contribution in [0.3, 0.4) is 0 Å². The number of aryl methyl sites for hydroxylation is 1. The topological polar surface area (TPSA) is 89.2 Å². The molecular weight excluding hydrogens is 398 g/mol. The number of sulfonamides is 1. The first-order valence-electron chi connectivity index (χ1n) is 9.20. The molecule has 2 aromatic heterocycles. The average Bonchev–Trinajstić information content (AvgIpc) is 3.19. The average molecular weight is 417 g/mol. The Morgan fingerprint density at radius 2 is 1.67 bits per heavy atom. The molecule has 0 saturated heterocycles. The van der Waals surface area contributed by atoms with E-state index in [1.54, 1.807) is 47.5 Å². The van der Waals surface area contributed by atoms with Gasteiger partial charge in [-0.15, -0.1) is 0 Å². The van der Waals surface area contributed by atoms with Gasteiger partial charge in [0.25, 0.3) is 10.0 Å². The van der Waals surface area contributed by atoms with Crippen LogP contribution in [-0.2, 0) is 10.0 Å². The molecule has 2 aromatic carbocycles. The standard InChI is InChI=1S/C22H19N5O2S/c1-17-7-9-21(10-8-17)30(28,29)26-24-15-19-16-27(20-5-3-2-4-6-20)25-22(19)18-11-13-23-14-12-18/h2-16,26H,1H3/b24-15-. The highest BCUT2D eigenvalue weighted by Gasteiger charge is 2.14. The Balaban J connectivity index is 1.66. The van der Waals surface area contributed by atoms with Crippen LogP contribution in [0.1, 0.15) is 11.1 Å². The molecule has 0 saturated carbocycles. The normalized spacial score (nSPS) is 11.6. The lowest BCUT2D eigenvalue weighted by molar-refractivity contribution is 0.584. The molecule has 0 radical (unpaired) electrons. The number of hydrogen-bond acceptors (Lipinski definition) is 5. The Morgan fingerprint density at radius 1 is 0.967 bits per heavy atom. The molecule has 2 heterocycles. The van der Waals surface area contributed by atoms with Crippen LogP contribution in [-0.4, -0.2) is 29.4 Å². The maximum absolute atomic E-state index is 12.5. The molecule has 0 amide bonds. The second-order valence-corrected chi connectivity index (χ2v) is 8.28. The number of aromatic nitrogens is 3. The number of rotatable bonds is 6. The van der Waals surface area contributed by atoms with Gasteiger partial charge in [0.15, 0.2) is 0 Å². The maximum Gasteiger partial charge on any atom is 0.276 e. The molecule has 7 nitrogen and oxygen atoms in total. The molecule has 0 aliphatic carbocycles. The summed E-state index contributed by atoms with van der Waals surface area (Å²) in [7, 11) is -3.76. The fraction of sp³-hybridized carbons (Fsp3) is 0.0455.